The van der Waals surface area contributed by atoms with Gasteiger partial charge in [0.25, 0.3) is 0 Å². The highest BCUT2D eigenvalue weighted by atomic mass is 32.1. The highest BCUT2D eigenvalue weighted by molar-refractivity contribution is 7.21. The summed E-state index contributed by atoms with van der Waals surface area (Å²) in [5, 5.41) is 40.5. The fraction of sp³-hybridized carbons (Fsp3) is 0.615. The van der Waals surface area contributed by atoms with Crippen molar-refractivity contribution in [2.45, 2.75) is 57.1 Å². The molecule has 1 aliphatic carbocycles. The van der Waals surface area contributed by atoms with Crippen molar-refractivity contribution in [1.29, 1.82) is 0 Å². The Morgan fingerprint density at radius 1 is 1.08 bits per heavy atom. The number of fused-ring (bicyclic) bond motifs is 1. The highest BCUT2D eigenvalue weighted by Gasteiger charge is 2.52. The molecule has 0 unspecified atom stereocenters. The van der Waals surface area contributed by atoms with Crippen molar-refractivity contribution in [2.75, 3.05) is 51.7 Å². The number of aliphatic hydroxyl groups is 3. The molecule has 3 aromatic heterocycles. The van der Waals surface area contributed by atoms with Crippen LogP contribution in [0, 0.1) is 19.8 Å². The Morgan fingerprint density at radius 3 is 2.44 bits per heavy atom. The van der Waals surface area contributed by atoms with Gasteiger partial charge in [-0.15, -0.1) is 11.3 Å². The summed E-state index contributed by atoms with van der Waals surface area (Å²) in [6.45, 7) is 6.12. The number of nitrogens with zero attached hydrogens (tertiary/aromatic N) is 4. The molecule has 3 heterocycles. The van der Waals surface area contributed by atoms with Crippen molar-refractivity contribution >= 4 is 33.3 Å². The summed E-state index contributed by atoms with van der Waals surface area (Å²) in [6, 6.07) is 1.30. The van der Waals surface area contributed by atoms with Gasteiger partial charge >= 0.3 is 0 Å². The summed E-state index contributed by atoms with van der Waals surface area (Å²) >= 11 is 1.50. The Labute approximate surface area is 231 Å². The minimum atomic E-state index is -1.48. The summed E-state index contributed by atoms with van der Waals surface area (Å²) in [6.07, 6.45) is -0.438. The Kier molecular flexibility index (Phi) is 9.32. The summed E-state index contributed by atoms with van der Waals surface area (Å²) in [4.78, 5) is 18.6. The molecular formula is C26H38N6O6S. The van der Waals surface area contributed by atoms with Crippen LogP contribution in [0.4, 0.5) is 11.8 Å². The third-order valence-electron chi connectivity index (χ3n) is 7.23. The van der Waals surface area contributed by atoms with Gasteiger partial charge in [-0.2, -0.15) is 4.98 Å². The maximum Gasteiger partial charge on any atom is 0.224 e. The lowest BCUT2D eigenvalue weighted by Crippen LogP contribution is -2.50. The van der Waals surface area contributed by atoms with Gasteiger partial charge in [0, 0.05) is 40.0 Å². The fourth-order valence-corrected chi connectivity index (χ4v) is 6.17. The van der Waals surface area contributed by atoms with Gasteiger partial charge in [-0.05, 0) is 33.3 Å². The number of thiazole rings is 1. The predicted octanol–water partition coefficient (Wildman–Crippen LogP) is 1.76. The zero-order chi connectivity index (χ0) is 28.3. The van der Waals surface area contributed by atoms with E-state index in [-0.39, 0.29) is 25.7 Å². The van der Waals surface area contributed by atoms with Gasteiger partial charge in [0.15, 0.2) is 0 Å². The number of hydrogen-bond donors (Lipinski definition) is 5. The van der Waals surface area contributed by atoms with Crippen LogP contribution < -0.4 is 10.6 Å². The molecule has 5 N–H and O–H groups in total. The minimum absolute atomic E-state index is 0.0509. The molecule has 39 heavy (non-hydrogen) atoms. The monoisotopic (exact) mass is 562 g/mol. The van der Waals surface area contributed by atoms with Gasteiger partial charge < -0.3 is 40.2 Å². The van der Waals surface area contributed by atoms with Gasteiger partial charge in [-0.1, -0.05) is 0 Å². The summed E-state index contributed by atoms with van der Waals surface area (Å²) in [5.74, 6) is 0.146. The molecule has 3 aromatic rings. The van der Waals surface area contributed by atoms with Crippen molar-refractivity contribution in [1.82, 2.24) is 19.9 Å². The Bertz CT molecular complexity index is 1270. The van der Waals surface area contributed by atoms with Crippen LogP contribution in [0.1, 0.15) is 24.7 Å². The number of aromatic nitrogens is 4. The minimum Gasteiger partial charge on any atom is -0.390 e. The molecule has 1 aliphatic rings. The van der Waals surface area contributed by atoms with E-state index < -0.39 is 29.8 Å². The molecule has 1 fully saturated rings. The number of aliphatic hydroxyl groups excluding tert-OH is 2. The van der Waals surface area contributed by atoms with E-state index in [1.165, 1.54) is 25.6 Å². The van der Waals surface area contributed by atoms with Crippen molar-refractivity contribution in [3.05, 3.63) is 23.7 Å². The maximum atomic E-state index is 11.2. The van der Waals surface area contributed by atoms with Crippen LogP contribution in [0.5, 0.6) is 0 Å². The lowest BCUT2D eigenvalue weighted by molar-refractivity contribution is -0.141. The molecule has 0 aromatic carbocycles. The van der Waals surface area contributed by atoms with Crippen LogP contribution in [0.15, 0.2) is 12.3 Å². The highest BCUT2D eigenvalue weighted by Crippen LogP contribution is 2.40. The molecule has 12 nitrogen and oxygen atoms in total. The third kappa shape index (κ3) is 6.14. The Hall–Kier alpha value is -2.52. The number of nitrogens with one attached hydrogen (secondary N) is 2. The molecule has 0 saturated heterocycles. The van der Waals surface area contributed by atoms with Crippen LogP contribution in [-0.4, -0.2) is 106 Å². The fourth-order valence-electron chi connectivity index (χ4n) is 5.06. The predicted molar refractivity (Wildman–Crippen MR) is 149 cm³/mol. The second-order valence-electron chi connectivity index (χ2n) is 10.1. The summed E-state index contributed by atoms with van der Waals surface area (Å²) in [7, 11) is 4.58. The molecule has 4 rings (SSSR count). The van der Waals surface area contributed by atoms with Crippen molar-refractivity contribution < 1.29 is 29.5 Å². The Balaban J connectivity index is 1.72. The number of pyridine rings is 1. The average Bonchev–Trinajstić information content (AvgIpc) is 3.45. The van der Waals surface area contributed by atoms with Gasteiger partial charge in [-0.25, -0.2) is 9.97 Å². The lowest BCUT2D eigenvalue weighted by atomic mass is 9.85. The normalized spacial score (nSPS) is 22.4. The maximum absolute atomic E-state index is 11.2. The van der Waals surface area contributed by atoms with E-state index in [9.17, 15) is 15.3 Å². The largest absolute Gasteiger partial charge is 0.390 e. The van der Waals surface area contributed by atoms with E-state index in [1.54, 1.807) is 13.3 Å². The van der Waals surface area contributed by atoms with Gasteiger partial charge in [-0.3, -0.25) is 4.98 Å². The lowest BCUT2D eigenvalue weighted by Gasteiger charge is -2.34. The average molecular weight is 563 g/mol. The zero-order valence-corrected chi connectivity index (χ0v) is 23.9. The van der Waals surface area contributed by atoms with Crippen LogP contribution in [-0.2, 0) is 14.2 Å². The molecule has 214 valence electrons. The topological polar surface area (TPSA) is 164 Å². The third-order valence-corrected chi connectivity index (χ3v) is 8.27. The van der Waals surface area contributed by atoms with Crippen LogP contribution in [0.2, 0.25) is 0 Å². The molecule has 1 saturated carbocycles. The zero-order valence-electron chi connectivity index (χ0n) is 23.1. The van der Waals surface area contributed by atoms with Gasteiger partial charge in [0.2, 0.25) is 5.95 Å². The van der Waals surface area contributed by atoms with Crippen LogP contribution >= 0.6 is 11.3 Å². The molecule has 0 radical (unpaired) electrons. The summed E-state index contributed by atoms with van der Waals surface area (Å²) < 4.78 is 16.8. The smallest absolute Gasteiger partial charge is 0.224 e. The molecular weight excluding hydrogens is 524 g/mol. The molecule has 0 bridgehead atoms. The van der Waals surface area contributed by atoms with Crippen molar-refractivity contribution in [3.63, 3.8) is 0 Å². The first kappa shape index (κ1) is 29.5. The first-order chi connectivity index (χ1) is 18.6. The second kappa shape index (κ2) is 12.3. The van der Waals surface area contributed by atoms with Crippen LogP contribution in [0.3, 0.4) is 0 Å². The number of ether oxygens (including phenoxy) is 3. The molecule has 0 aliphatic heterocycles. The standard InChI is InChI=1S/C26H38N6O6S/c1-13(38-6)10-28-25-29-14(2)19(24-31-20-15(3)27-8-7-18(20)39-24)23(32-25)30-17-9-16(21(33)22(17)34)26(35,11-36-4)12-37-5/h7-8,13,16-17,21-22,33-35H,9-12H2,1-6H3,(H2,28,29,30,32)/t13-,16+,17-,21-,22+/m1/s1. The molecule has 13 heteroatoms. The SMILES string of the molecule is COCC(O)(COC)[C@H]1C[C@@H](Nc2nc(NC[C@@H](C)OC)nc(C)c2-c2nc3c(C)nccc3s2)[C@H](O)[C@@H]1O. The number of aryl methyl sites for hydroxylation is 2. The van der Waals surface area contributed by atoms with E-state index in [4.69, 9.17) is 24.2 Å². The Morgan fingerprint density at radius 2 is 1.79 bits per heavy atom. The molecule has 5 atom stereocenters. The second-order valence-corrected chi connectivity index (χ2v) is 11.1. The quantitative estimate of drug-likeness (QED) is 0.218. The molecule has 0 spiro atoms. The molecule has 0 amide bonds. The van der Waals surface area contributed by atoms with E-state index in [0.29, 0.717) is 34.6 Å². The van der Waals surface area contributed by atoms with E-state index in [1.807, 2.05) is 26.8 Å². The number of methoxy groups -OCH3 is 3. The summed E-state index contributed by atoms with van der Waals surface area (Å²) in [5.41, 5.74) is 1.52. The van der Waals surface area contributed by atoms with Crippen molar-refractivity contribution in [2.24, 2.45) is 5.92 Å². The van der Waals surface area contributed by atoms with Crippen LogP contribution in [0.25, 0.3) is 20.8 Å². The van der Waals surface area contributed by atoms with E-state index >= 15 is 0 Å². The number of anilines is 2. The first-order valence-electron chi connectivity index (χ1n) is 12.8. The van der Waals surface area contributed by atoms with Crippen molar-refractivity contribution in [3.8, 4) is 10.6 Å². The van der Waals surface area contributed by atoms with E-state index in [2.05, 4.69) is 20.6 Å². The van der Waals surface area contributed by atoms with Gasteiger partial charge in [0.05, 0.1) is 53.1 Å². The van der Waals surface area contributed by atoms with E-state index in [0.717, 1.165) is 15.9 Å². The number of hydrogen-bond acceptors (Lipinski definition) is 13. The van der Waals surface area contributed by atoms with Gasteiger partial charge in [0.1, 0.15) is 28.0 Å². The number of rotatable bonds is 12. The first-order valence-corrected chi connectivity index (χ1v) is 13.6.